The number of benzene rings is 1. The Hall–Kier alpha value is -1.70. The van der Waals surface area contributed by atoms with Crippen molar-refractivity contribution in [3.05, 3.63) is 57.6 Å². The Morgan fingerprint density at radius 2 is 2.12 bits per heavy atom. The lowest BCUT2D eigenvalue weighted by Crippen LogP contribution is -2.26. The molecule has 7 heteroatoms. The van der Waals surface area contributed by atoms with Crippen molar-refractivity contribution in [3.63, 3.8) is 0 Å². The van der Waals surface area contributed by atoms with Crippen LogP contribution in [0.4, 0.5) is 0 Å². The average Bonchev–Trinajstić information content (AvgIpc) is 2.96. The Balaban J connectivity index is 1.78. The molecule has 0 aliphatic carbocycles. The van der Waals surface area contributed by atoms with E-state index in [1.807, 2.05) is 25.4 Å². The van der Waals surface area contributed by atoms with E-state index in [0.29, 0.717) is 6.54 Å². The van der Waals surface area contributed by atoms with Gasteiger partial charge in [0.15, 0.2) is 0 Å². The van der Waals surface area contributed by atoms with E-state index in [-0.39, 0.29) is 5.56 Å². The molecule has 1 aliphatic heterocycles. The van der Waals surface area contributed by atoms with Crippen LogP contribution in [0.1, 0.15) is 16.8 Å². The van der Waals surface area contributed by atoms with Gasteiger partial charge in [0.05, 0.1) is 12.7 Å². The van der Waals surface area contributed by atoms with Gasteiger partial charge in [0.25, 0.3) is 5.56 Å². The summed E-state index contributed by atoms with van der Waals surface area (Å²) in [5.74, 6) is 0. The molecule has 0 radical (unpaired) electrons. The average molecular weight is 387 g/mol. The van der Waals surface area contributed by atoms with E-state index in [0.717, 1.165) is 36.0 Å². The van der Waals surface area contributed by atoms with Crippen molar-refractivity contribution in [2.45, 2.75) is 24.4 Å². The number of rotatable bonds is 4. The van der Waals surface area contributed by atoms with E-state index in [9.17, 15) is 4.79 Å². The molecule has 4 rings (SSSR count). The van der Waals surface area contributed by atoms with Crippen molar-refractivity contribution in [2.24, 2.45) is 7.05 Å². The molecule has 0 amide bonds. The fourth-order valence-corrected chi connectivity index (χ4v) is 4.70. The molecule has 5 nitrogen and oxygen atoms in total. The Kier molecular flexibility index (Phi) is 4.86. The lowest BCUT2D eigenvalue weighted by atomic mass is 10.1. The monoisotopic (exact) mass is 386 g/mol. The summed E-state index contributed by atoms with van der Waals surface area (Å²) >= 11 is 3.46. The van der Waals surface area contributed by atoms with Crippen LogP contribution in [0.25, 0.3) is 10.9 Å². The third kappa shape index (κ3) is 2.98. The standard InChI is InChI=1S/C19H22N4OS2/c1-21-17-12-22(26-3)8-7-15(17)16-10-20-23(19(24)18(16)21)11-13-5-4-6-14(9-13)25-2/h4-6,9-10H,7-8,11-12H2,1-3H3. The Bertz CT molecular complexity index is 1020. The Labute approximate surface area is 161 Å². The summed E-state index contributed by atoms with van der Waals surface area (Å²) in [5, 5.41) is 5.50. The smallest absolute Gasteiger partial charge is 0.291 e. The maximum absolute atomic E-state index is 13.1. The zero-order valence-corrected chi connectivity index (χ0v) is 16.9. The van der Waals surface area contributed by atoms with E-state index >= 15 is 0 Å². The molecule has 26 heavy (non-hydrogen) atoms. The third-order valence-electron chi connectivity index (χ3n) is 5.09. The summed E-state index contributed by atoms with van der Waals surface area (Å²) in [4.78, 5) is 14.3. The highest BCUT2D eigenvalue weighted by Crippen LogP contribution is 2.29. The maximum Gasteiger partial charge on any atom is 0.291 e. The predicted octanol–water partition coefficient (Wildman–Crippen LogP) is 3.14. The molecular formula is C19H22N4OS2. The first-order valence-corrected chi connectivity index (χ1v) is 11.0. The van der Waals surface area contributed by atoms with Crippen LogP contribution < -0.4 is 5.56 Å². The van der Waals surface area contributed by atoms with Crippen molar-refractivity contribution < 1.29 is 0 Å². The zero-order chi connectivity index (χ0) is 18.3. The molecule has 1 aromatic carbocycles. The molecule has 3 aromatic rings. The molecule has 3 heterocycles. The van der Waals surface area contributed by atoms with Crippen LogP contribution in [0.5, 0.6) is 0 Å². The number of nitrogens with zero attached hydrogens (tertiary/aromatic N) is 4. The minimum atomic E-state index is -0.00958. The molecule has 0 N–H and O–H groups in total. The number of hydrogen-bond acceptors (Lipinski definition) is 5. The second-order valence-corrected chi connectivity index (χ2v) is 8.26. The van der Waals surface area contributed by atoms with E-state index in [1.165, 1.54) is 16.2 Å². The summed E-state index contributed by atoms with van der Waals surface area (Å²) in [7, 11) is 2.01. The first kappa shape index (κ1) is 17.7. The van der Waals surface area contributed by atoms with Gasteiger partial charge in [-0.2, -0.15) is 5.10 Å². The fourth-order valence-electron chi connectivity index (χ4n) is 3.69. The minimum absolute atomic E-state index is 0.00958. The highest BCUT2D eigenvalue weighted by molar-refractivity contribution is 7.98. The van der Waals surface area contributed by atoms with Gasteiger partial charge in [-0.25, -0.2) is 8.99 Å². The topological polar surface area (TPSA) is 43.1 Å². The van der Waals surface area contributed by atoms with Gasteiger partial charge in [0, 0.05) is 36.1 Å². The van der Waals surface area contributed by atoms with Gasteiger partial charge < -0.3 is 4.57 Å². The van der Waals surface area contributed by atoms with Crippen LogP contribution in [0.15, 0.2) is 40.2 Å². The highest BCUT2D eigenvalue weighted by atomic mass is 32.2. The largest absolute Gasteiger partial charge is 0.342 e. The predicted molar refractivity (Wildman–Crippen MR) is 110 cm³/mol. The summed E-state index contributed by atoms with van der Waals surface area (Å²) in [6.07, 6.45) is 7.00. The van der Waals surface area contributed by atoms with Crippen LogP contribution in [0.3, 0.4) is 0 Å². The second-order valence-electron chi connectivity index (χ2n) is 6.50. The van der Waals surface area contributed by atoms with Crippen LogP contribution in [-0.2, 0) is 26.6 Å². The number of hydrogen-bond donors (Lipinski definition) is 0. The van der Waals surface area contributed by atoms with Gasteiger partial charge in [0.2, 0.25) is 0 Å². The zero-order valence-electron chi connectivity index (χ0n) is 15.2. The SMILES string of the molecule is CSc1cccc(Cn2ncc3c4c(n(C)c3c2=O)CN(SC)CC4)c1. The molecule has 2 aromatic heterocycles. The quantitative estimate of drug-likeness (QED) is 0.509. The highest BCUT2D eigenvalue weighted by Gasteiger charge is 2.24. The van der Waals surface area contributed by atoms with Crippen molar-refractivity contribution in [3.8, 4) is 0 Å². The van der Waals surface area contributed by atoms with Crippen molar-refractivity contribution in [1.29, 1.82) is 0 Å². The van der Waals surface area contributed by atoms with E-state index in [4.69, 9.17) is 0 Å². The van der Waals surface area contributed by atoms with Crippen molar-refractivity contribution in [1.82, 2.24) is 18.7 Å². The summed E-state index contributed by atoms with van der Waals surface area (Å²) in [6.45, 7) is 2.38. The molecule has 0 spiro atoms. The first-order valence-electron chi connectivity index (χ1n) is 8.60. The number of aryl methyl sites for hydroxylation is 1. The van der Waals surface area contributed by atoms with Gasteiger partial charge in [-0.15, -0.1) is 11.8 Å². The maximum atomic E-state index is 13.1. The van der Waals surface area contributed by atoms with E-state index in [1.54, 1.807) is 28.4 Å². The minimum Gasteiger partial charge on any atom is -0.342 e. The van der Waals surface area contributed by atoms with Crippen LogP contribution in [0, 0.1) is 0 Å². The van der Waals surface area contributed by atoms with Gasteiger partial charge in [-0.3, -0.25) is 4.79 Å². The number of fused-ring (bicyclic) bond motifs is 3. The van der Waals surface area contributed by atoms with Gasteiger partial charge >= 0.3 is 0 Å². The number of aromatic nitrogens is 3. The molecular weight excluding hydrogens is 364 g/mol. The summed E-state index contributed by atoms with van der Waals surface area (Å²) < 4.78 is 5.99. The van der Waals surface area contributed by atoms with E-state index < -0.39 is 0 Å². The summed E-state index contributed by atoms with van der Waals surface area (Å²) in [6, 6.07) is 8.28. The molecule has 0 fully saturated rings. The third-order valence-corrected chi connectivity index (χ3v) is 6.65. The van der Waals surface area contributed by atoms with Crippen molar-refractivity contribution in [2.75, 3.05) is 19.1 Å². The lowest BCUT2D eigenvalue weighted by molar-refractivity contribution is 0.433. The Morgan fingerprint density at radius 3 is 2.88 bits per heavy atom. The number of thioether (sulfide) groups is 1. The molecule has 0 saturated carbocycles. The van der Waals surface area contributed by atoms with Crippen LogP contribution >= 0.6 is 23.7 Å². The lowest BCUT2D eigenvalue weighted by Gasteiger charge is -2.25. The summed E-state index contributed by atoms with van der Waals surface area (Å²) in [5.41, 5.74) is 4.38. The van der Waals surface area contributed by atoms with Gasteiger partial charge in [0.1, 0.15) is 5.52 Å². The molecule has 0 unspecified atom stereocenters. The fraction of sp³-hybridized carbons (Fsp3) is 0.368. The molecule has 1 aliphatic rings. The second kappa shape index (κ2) is 7.13. The normalized spacial score (nSPS) is 14.7. The molecule has 0 atom stereocenters. The van der Waals surface area contributed by atoms with Gasteiger partial charge in [-0.1, -0.05) is 24.1 Å². The van der Waals surface area contributed by atoms with Gasteiger partial charge in [-0.05, 0) is 42.2 Å². The van der Waals surface area contributed by atoms with Crippen molar-refractivity contribution >= 4 is 34.6 Å². The van der Waals surface area contributed by atoms with E-state index in [2.05, 4.69) is 38.6 Å². The molecule has 0 saturated heterocycles. The first-order chi connectivity index (χ1) is 12.6. The van der Waals surface area contributed by atoms with Crippen LogP contribution in [0.2, 0.25) is 0 Å². The van der Waals surface area contributed by atoms with Crippen LogP contribution in [-0.4, -0.2) is 37.7 Å². The molecule has 0 bridgehead atoms. The Morgan fingerprint density at radius 1 is 1.27 bits per heavy atom. The molecule has 136 valence electrons.